The number of pyridine rings is 1. The average molecular weight is 413 g/mol. The smallest absolute Gasteiger partial charge is 0.251 e. The highest BCUT2D eigenvalue weighted by Crippen LogP contribution is 2.28. The number of carbonyl (C=O) groups is 1. The highest BCUT2D eigenvalue weighted by molar-refractivity contribution is 5.96. The molecule has 0 spiro atoms. The number of halogens is 2. The van der Waals surface area contributed by atoms with E-state index in [-0.39, 0.29) is 24.5 Å². The molecule has 158 valence electrons. The Morgan fingerprint density at radius 2 is 1.83 bits per heavy atom. The largest absolute Gasteiger partial charge is 0.464 e. The van der Waals surface area contributed by atoms with Gasteiger partial charge in [-0.1, -0.05) is 12.1 Å². The molecule has 0 saturated heterocycles. The van der Waals surface area contributed by atoms with Crippen molar-refractivity contribution in [2.45, 2.75) is 51.1 Å². The first-order valence-corrected chi connectivity index (χ1v) is 10.3. The van der Waals surface area contributed by atoms with Crippen LogP contribution in [0, 0.1) is 6.92 Å². The maximum Gasteiger partial charge on any atom is 0.251 e. The summed E-state index contributed by atoms with van der Waals surface area (Å²) in [5.74, 6) is -0.115. The number of hydrogen-bond acceptors (Lipinski definition) is 4. The van der Waals surface area contributed by atoms with Gasteiger partial charge in [0, 0.05) is 40.4 Å². The van der Waals surface area contributed by atoms with Gasteiger partial charge in [0.25, 0.3) is 12.3 Å². The van der Waals surface area contributed by atoms with Crippen LogP contribution in [0.2, 0.25) is 0 Å². The van der Waals surface area contributed by atoms with E-state index in [1.165, 1.54) is 0 Å². The van der Waals surface area contributed by atoms with E-state index in [0.717, 1.165) is 53.6 Å². The SMILES string of the molecule is Cc1cc2occc2c(-c2ccc(C(=O)N[C@H]3CC[C@H](NCC(F)F)CC3)cc2)n1. The number of aromatic nitrogens is 1. The maximum absolute atomic E-state index is 12.6. The van der Waals surface area contributed by atoms with E-state index < -0.39 is 6.43 Å². The van der Waals surface area contributed by atoms with E-state index >= 15 is 0 Å². The molecule has 1 amide bonds. The molecule has 2 heterocycles. The summed E-state index contributed by atoms with van der Waals surface area (Å²) in [7, 11) is 0. The third kappa shape index (κ3) is 4.67. The van der Waals surface area contributed by atoms with Crippen molar-refractivity contribution in [3.63, 3.8) is 0 Å². The molecule has 1 fully saturated rings. The Morgan fingerprint density at radius 3 is 2.53 bits per heavy atom. The first-order chi connectivity index (χ1) is 14.5. The number of alkyl halides is 2. The van der Waals surface area contributed by atoms with Crippen molar-refractivity contribution in [2.24, 2.45) is 0 Å². The summed E-state index contributed by atoms with van der Waals surface area (Å²) in [6, 6.07) is 11.4. The second kappa shape index (κ2) is 8.92. The molecule has 30 heavy (non-hydrogen) atoms. The van der Waals surface area contributed by atoms with Crippen LogP contribution >= 0.6 is 0 Å². The van der Waals surface area contributed by atoms with E-state index in [1.807, 2.05) is 31.2 Å². The minimum absolute atomic E-state index is 0.0748. The normalized spacial score (nSPS) is 19.3. The second-order valence-corrected chi connectivity index (χ2v) is 7.84. The Labute approximate surface area is 173 Å². The van der Waals surface area contributed by atoms with E-state index in [1.54, 1.807) is 18.4 Å². The van der Waals surface area contributed by atoms with Crippen molar-refractivity contribution in [1.82, 2.24) is 15.6 Å². The minimum Gasteiger partial charge on any atom is -0.464 e. The molecule has 4 rings (SSSR count). The highest BCUT2D eigenvalue weighted by Gasteiger charge is 2.23. The molecule has 0 atom stereocenters. The number of carbonyl (C=O) groups excluding carboxylic acids is 1. The van der Waals surface area contributed by atoms with E-state index in [4.69, 9.17) is 4.42 Å². The van der Waals surface area contributed by atoms with Gasteiger partial charge in [0.15, 0.2) is 0 Å². The van der Waals surface area contributed by atoms with Crippen LogP contribution in [-0.4, -0.2) is 35.9 Å². The molecule has 0 bridgehead atoms. The Hall–Kier alpha value is -2.80. The molecule has 0 unspecified atom stereocenters. The number of aryl methyl sites for hydroxylation is 1. The van der Waals surface area contributed by atoms with Gasteiger partial charge in [-0.2, -0.15) is 0 Å². The lowest BCUT2D eigenvalue weighted by Crippen LogP contribution is -2.43. The lowest BCUT2D eigenvalue weighted by molar-refractivity contribution is 0.0922. The molecule has 0 aliphatic heterocycles. The number of nitrogens with zero attached hydrogens (tertiary/aromatic N) is 1. The van der Waals surface area contributed by atoms with Gasteiger partial charge in [0.1, 0.15) is 5.58 Å². The molecular weight excluding hydrogens is 388 g/mol. The van der Waals surface area contributed by atoms with Crippen LogP contribution in [0.5, 0.6) is 0 Å². The van der Waals surface area contributed by atoms with Crippen LogP contribution in [0.3, 0.4) is 0 Å². The van der Waals surface area contributed by atoms with Crippen molar-refractivity contribution in [2.75, 3.05) is 6.54 Å². The summed E-state index contributed by atoms with van der Waals surface area (Å²) in [4.78, 5) is 17.3. The fourth-order valence-electron chi connectivity index (χ4n) is 4.05. The summed E-state index contributed by atoms with van der Waals surface area (Å²) in [6.45, 7) is 1.65. The van der Waals surface area contributed by atoms with Crippen LogP contribution < -0.4 is 10.6 Å². The van der Waals surface area contributed by atoms with Crippen molar-refractivity contribution in [3.8, 4) is 11.3 Å². The predicted molar refractivity (Wildman–Crippen MR) is 112 cm³/mol. The first kappa shape index (κ1) is 20.5. The third-order valence-electron chi connectivity index (χ3n) is 5.62. The second-order valence-electron chi connectivity index (χ2n) is 7.84. The van der Waals surface area contributed by atoms with Gasteiger partial charge in [-0.15, -0.1) is 0 Å². The molecular formula is C23H25F2N3O2. The standard InChI is InChI=1S/C23H25F2N3O2/c1-14-12-20-19(10-11-30-20)22(27-14)15-2-4-16(5-3-15)23(29)28-18-8-6-17(7-9-18)26-13-21(24)25/h2-5,10-12,17-18,21,26H,6-9,13H2,1H3,(H,28,29)/t17-,18-. The maximum atomic E-state index is 12.6. The summed E-state index contributed by atoms with van der Waals surface area (Å²) in [5.41, 5.74) is 4.01. The zero-order valence-corrected chi connectivity index (χ0v) is 16.8. The molecule has 5 nitrogen and oxygen atoms in total. The van der Waals surface area contributed by atoms with Crippen LogP contribution in [0.1, 0.15) is 41.7 Å². The van der Waals surface area contributed by atoms with Gasteiger partial charge >= 0.3 is 0 Å². The van der Waals surface area contributed by atoms with Crippen LogP contribution in [0.25, 0.3) is 22.2 Å². The molecule has 3 aromatic rings. The lowest BCUT2D eigenvalue weighted by atomic mass is 9.91. The van der Waals surface area contributed by atoms with Crippen LogP contribution in [-0.2, 0) is 0 Å². The lowest BCUT2D eigenvalue weighted by Gasteiger charge is -2.29. The fourth-order valence-corrected chi connectivity index (χ4v) is 4.05. The number of hydrogen-bond donors (Lipinski definition) is 2. The summed E-state index contributed by atoms with van der Waals surface area (Å²) >= 11 is 0. The monoisotopic (exact) mass is 413 g/mol. The van der Waals surface area contributed by atoms with Gasteiger partial charge in [-0.05, 0) is 50.8 Å². The molecule has 0 radical (unpaired) electrons. The zero-order valence-electron chi connectivity index (χ0n) is 16.8. The number of amides is 1. The topological polar surface area (TPSA) is 67.2 Å². The average Bonchev–Trinajstić information content (AvgIpc) is 3.21. The molecule has 2 aromatic heterocycles. The Bertz CT molecular complexity index is 1010. The summed E-state index contributed by atoms with van der Waals surface area (Å²) in [5, 5.41) is 6.90. The van der Waals surface area contributed by atoms with Crippen LogP contribution in [0.4, 0.5) is 8.78 Å². The molecule has 1 saturated carbocycles. The van der Waals surface area contributed by atoms with Gasteiger partial charge in [-0.25, -0.2) is 8.78 Å². The zero-order chi connectivity index (χ0) is 21.1. The molecule has 1 aliphatic rings. The van der Waals surface area contributed by atoms with E-state index in [0.29, 0.717) is 5.56 Å². The van der Waals surface area contributed by atoms with Crippen LogP contribution in [0.15, 0.2) is 47.1 Å². The van der Waals surface area contributed by atoms with Crippen molar-refractivity contribution >= 4 is 16.9 Å². The number of benzene rings is 1. The fraction of sp³-hybridized carbons (Fsp3) is 0.391. The quantitative estimate of drug-likeness (QED) is 0.615. The van der Waals surface area contributed by atoms with Gasteiger partial charge in [0.2, 0.25) is 0 Å². The van der Waals surface area contributed by atoms with E-state index in [9.17, 15) is 13.6 Å². The third-order valence-corrected chi connectivity index (χ3v) is 5.62. The van der Waals surface area contributed by atoms with Crippen molar-refractivity contribution in [1.29, 1.82) is 0 Å². The van der Waals surface area contributed by atoms with Gasteiger partial charge < -0.3 is 15.1 Å². The molecule has 1 aliphatic carbocycles. The molecule has 2 N–H and O–H groups in total. The van der Waals surface area contributed by atoms with Gasteiger partial charge in [-0.3, -0.25) is 9.78 Å². The summed E-state index contributed by atoms with van der Waals surface area (Å²) < 4.78 is 30.1. The van der Waals surface area contributed by atoms with Gasteiger partial charge in [0.05, 0.1) is 18.5 Å². The molecule has 7 heteroatoms. The minimum atomic E-state index is -2.33. The predicted octanol–water partition coefficient (Wildman–Crippen LogP) is 4.70. The van der Waals surface area contributed by atoms with Crippen molar-refractivity contribution < 1.29 is 18.0 Å². The number of rotatable bonds is 6. The highest BCUT2D eigenvalue weighted by atomic mass is 19.3. The first-order valence-electron chi connectivity index (χ1n) is 10.3. The number of nitrogens with one attached hydrogen (secondary N) is 2. The Balaban J connectivity index is 1.37. The Kier molecular flexibility index (Phi) is 6.08. The number of fused-ring (bicyclic) bond motifs is 1. The molecule has 1 aromatic carbocycles. The van der Waals surface area contributed by atoms with Crippen molar-refractivity contribution in [3.05, 3.63) is 53.9 Å². The van der Waals surface area contributed by atoms with E-state index in [2.05, 4.69) is 15.6 Å². The Morgan fingerprint density at radius 1 is 1.13 bits per heavy atom. The summed E-state index contributed by atoms with van der Waals surface area (Å²) in [6.07, 6.45) is 2.47. The number of furan rings is 1.